The molecule has 0 saturated carbocycles. The van der Waals surface area contributed by atoms with Gasteiger partial charge in [-0.25, -0.2) is 22.7 Å². The van der Waals surface area contributed by atoms with E-state index < -0.39 is 24.1 Å². The number of aromatic nitrogens is 3. The SMILES string of the molecule is CC(C)(O)C(F)CN1Cc2cc(NC(=O)c3cnn4cc(Cl)cnc34)c(N3CCN(CC(F)F)CC3)cc2C1=O. The molecule has 0 bridgehead atoms. The summed E-state index contributed by atoms with van der Waals surface area (Å²) in [6.45, 7) is 3.71. The van der Waals surface area contributed by atoms with Crippen LogP contribution >= 0.6 is 11.6 Å². The van der Waals surface area contributed by atoms with E-state index in [4.69, 9.17) is 11.6 Å². The van der Waals surface area contributed by atoms with Crippen LogP contribution in [0.4, 0.5) is 24.5 Å². The van der Waals surface area contributed by atoms with Crippen LogP contribution in [0.25, 0.3) is 5.65 Å². The fourth-order valence-corrected chi connectivity index (χ4v) is 5.05. The number of carbonyl (C=O) groups is 2. The molecule has 1 unspecified atom stereocenters. The fourth-order valence-electron chi connectivity index (χ4n) is 4.91. The Balaban J connectivity index is 1.45. The Hall–Kier alpha value is -3.42. The van der Waals surface area contributed by atoms with E-state index in [0.29, 0.717) is 59.4 Å². The van der Waals surface area contributed by atoms with Crippen molar-refractivity contribution < 1.29 is 27.9 Å². The Morgan fingerprint density at radius 2 is 1.88 bits per heavy atom. The van der Waals surface area contributed by atoms with Gasteiger partial charge in [-0.3, -0.25) is 14.5 Å². The van der Waals surface area contributed by atoms with Crippen molar-refractivity contribution in [1.82, 2.24) is 24.4 Å². The number of aliphatic hydroxyl groups is 1. The van der Waals surface area contributed by atoms with Gasteiger partial charge in [0.1, 0.15) is 11.7 Å². The Labute approximate surface area is 233 Å². The Bertz CT molecular complexity index is 1440. The number of anilines is 2. The van der Waals surface area contributed by atoms with Gasteiger partial charge in [0.2, 0.25) is 0 Å². The molecule has 1 aromatic carbocycles. The van der Waals surface area contributed by atoms with Gasteiger partial charge in [0, 0.05) is 44.5 Å². The second-order valence-electron chi connectivity index (χ2n) is 10.6. The number of piperazine rings is 1. The molecule has 14 heteroatoms. The molecule has 0 spiro atoms. The molecule has 2 aliphatic rings. The molecule has 3 aromatic rings. The van der Waals surface area contributed by atoms with Crippen molar-refractivity contribution in [2.45, 2.75) is 38.6 Å². The Kier molecular flexibility index (Phi) is 7.64. The minimum Gasteiger partial charge on any atom is -0.387 e. The summed E-state index contributed by atoms with van der Waals surface area (Å²) in [5, 5.41) is 17.4. The molecule has 1 saturated heterocycles. The number of nitrogens with one attached hydrogen (secondary N) is 1. The van der Waals surface area contributed by atoms with Gasteiger partial charge >= 0.3 is 0 Å². The lowest BCUT2D eigenvalue weighted by Gasteiger charge is -2.37. The number of carbonyl (C=O) groups excluding carboxylic acids is 2. The number of benzene rings is 1. The molecule has 2 N–H and O–H groups in total. The average molecular weight is 580 g/mol. The van der Waals surface area contributed by atoms with Gasteiger partial charge < -0.3 is 20.2 Å². The second-order valence-corrected chi connectivity index (χ2v) is 11.0. The van der Waals surface area contributed by atoms with Crippen molar-refractivity contribution in [3.05, 3.63) is 52.4 Å². The van der Waals surface area contributed by atoms with E-state index in [0.717, 1.165) is 0 Å². The average Bonchev–Trinajstić information content (AvgIpc) is 3.43. The van der Waals surface area contributed by atoms with Crippen LogP contribution in [0, 0.1) is 0 Å². The number of rotatable bonds is 8. The van der Waals surface area contributed by atoms with Crippen molar-refractivity contribution in [3.8, 4) is 0 Å². The first-order chi connectivity index (χ1) is 18.9. The number of nitrogens with zero attached hydrogens (tertiary/aromatic N) is 6. The van der Waals surface area contributed by atoms with E-state index in [1.807, 2.05) is 4.90 Å². The molecule has 1 fully saturated rings. The quantitative estimate of drug-likeness (QED) is 0.422. The fraction of sp³-hybridized carbons (Fsp3) is 0.462. The molecular weight excluding hydrogens is 551 g/mol. The zero-order chi connectivity index (χ0) is 28.8. The summed E-state index contributed by atoms with van der Waals surface area (Å²) >= 11 is 5.97. The van der Waals surface area contributed by atoms with Crippen molar-refractivity contribution >= 4 is 40.4 Å². The van der Waals surface area contributed by atoms with Gasteiger partial charge in [0.05, 0.1) is 47.5 Å². The van der Waals surface area contributed by atoms with E-state index in [1.54, 1.807) is 17.0 Å². The molecule has 4 heterocycles. The van der Waals surface area contributed by atoms with Crippen molar-refractivity contribution in [2.75, 3.05) is 49.5 Å². The third-order valence-electron chi connectivity index (χ3n) is 7.17. The van der Waals surface area contributed by atoms with Crippen LogP contribution in [0.2, 0.25) is 5.02 Å². The van der Waals surface area contributed by atoms with Gasteiger partial charge in [-0.15, -0.1) is 0 Å². The second kappa shape index (κ2) is 10.9. The van der Waals surface area contributed by atoms with E-state index >= 15 is 0 Å². The molecule has 0 radical (unpaired) electrons. The van der Waals surface area contributed by atoms with Crippen LogP contribution in [0.5, 0.6) is 0 Å². The van der Waals surface area contributed by atoms with Crippen molar-refractivity contribution in [3.63, 3.8) is 0 Å². The van der Waals surface area contributed by atoms with Crippen LogP contribution in [0.15, 0.2) is 30.7 Å². The van der Waals surface area contributed by atoms with Crippen LogP contribution in [-0.4, -0.2) is 98.8 Å². The topological polar surface area (TPSA) is 106 Å². The van der Waals surface area contributed by atoms with Crippen LogP contribution in [0.1, 0.15) is 40.1 Å². The first-order valence-corrected chi connectivity index (χ1v) is 13.2. The van der Waals surface area contributed by atoms with Gasteiger partial charge in [-0.2, -0.15) is 5.10 Å². The van der Waals surface area contributed by atoms with Crippen LogP contribution < -0.4 is 10.2 Å². The minimum absolute atomic E-state index is 0.104. The summed E-state index contributed by atoms with van der Waals surface area (Å²) in [6, 6.07) is 3.33. The zero-order valence-electron chi connectivity index (χ0n) is 22.0. The molecule has 1 atom stereocenters. The summed E-state index contributed by atoms with van der Waals surface area (Å²) in [6.07, 6.45) is 0.187. The zero-order valence-corrected chi connectivity index (χ0v) is 22.7. The van der Waals surface area contributed by atoms with Crippen LogP contribution in [-0.2, 0) is 6.54 Å². The predicted octanol–water partition coefficient (Wildman–Crippen LogP) is 3.09. The standard InChI is InChI=1S/C26H29ClF3N7O3/c1-26(2,40)21(28)13-36-11-15-7-19(33-24(38)18-10-32-37-12-16(27)9-31-23(18)37)20(8-17(15)25(36)39)35-5-3-34(4-6-35)14-22(29)30/h7-10,12,21-22,40H,3-6,11,13-14H2,1-2H3,(H,33,38). The number of amides is 2. The summed E-state index contributed by atoms with van der Waals surface area (Å²) in [5.41, 5.74) is 0.787. The number of fused-ring (bicyclic) bond motifs is 2. The van der Waals surface area contributed by atoms with E-state index in [-0.39, 0.29) is 31.1 Å². The molecule has 5 rings (SSSR count). The monoisotopic (exact) mass is 579 g/mol. The highest BCUT2D eigenvalue weighted by Gasteiger charge is 2.36. The first-order valence-electron chi connectivity index (χ1n) is 12.8. The molecule has 2 aromatic heterocycles. The maximum Gasteiger partial charge on any atom is 0.261 e. The smallest absolute Gasteiger partial charge is 0.261 e. The van der Waals surface area contributed by atoms with Crippen molar-refractivity contribution in [2.24, 2.45) is 0 Å². The Morgan fingerprint density at radius 1 is 1.15 bits per heavy atom. The molecule has 10 nitrogen and oxygen atoms in total. The van der Waals surface area contributed by atoms with Gasteiger partial charge in [0.25, 0.3) is 18.2 Å². The summed E-state index contributed by atoms with van der Waals surface area (Å²) in [7, 11) is 0. The summed E-state index contributed by atoms with van der Waals surface area (Å²) < 4.78 is 41.8. The number of hydrogen-bond donors (Lipinski definition) is 2. The summed E-state index contributed by atoms with van der Waals surface area (Å²) in [4.78, 5) is 35.7. The Morgan fingerprint density at radius 3 is 2.55 bits per heavy atom. The van der Waals surface area contributed by atoms with Crippen LogP contribution in [0.3, 0.4) is 0 Å². The maximum absolute atomic E-state index is 14.6. The molecule has 2 aliphatic heterocycles. The number of alkyl halides is 3. The maximum atomic E-state index is 14.6. The normalized spacial score (nSPS) is 17.1. The highest BCUT2D eigenvalue weighted by molar-refractivity contribution is 6.30. The number of hydrogen-bond acceptors (Lipinski definition) is 7. The third-order valence-corrected chi connectivity index (χ3v) is 7.37. The third kappa shape index (κ3) is 5.72. The van der Waals surface area contributed by atoms with Gasteiger partial charge in [-0.05, 0) is 31.5 Å². The lowest BCUT2D eigenvalue weighted by molar-refractivity contribution is -0.0159. The summed E-state index contributed by atoms with van der Waals surface area (Å²) in [5.74, 6) is -0.879. The highest BCUT2D eigenvalue weighted by Crippen LogP contribution is 2.36. The first kappa shape index (κ1) is 28.1. The van der Waals surface area contributed by atoms with E-state index in [1.165, 1.54) is 41.9 Å². The molecule has 40 heavy (non-hydrogen) atoms. The largest absolute Gasteiger partial charge is 0.387 e. The lowest BCUT2D eigenvalue weighted by Crippen LogP contribution is -2.48. The highest BCUT2D eigenvalue weighted by atomic mass is 35.5. The molecule has 2 amide bonds. The van der Waals surface area contributed by atoms with E-state index in [9.17, 15) is 27.9 Å². The van der Waals surface area contributed by atoms with Crippen molar-refractivity contribution in [1.29, 1.82) is 0 Å². The van der Waals surface area contributed by atoms with Gasteiger partial charge in [-0.1, -0.05) is 11.6 Å². The number of halogens is 4. The molecule has 0 aliphatic carbocycles. The minimum atomic E-state index is -2.44. The predicted molar refractivity (Wildman–Crippen MR) is 143 cm³/mol. The lowest BCUT2D eigenvalue weighted by atomic mass is 10.0. The molecule has 214 valence electrons. The molecular formula is C26H29ClF3N7O3. The van der Waals surface area contributed by atoms with Gasteiger partial charge in [0.15, 0.2) is 5.65 Å². The van der Waals surface area contributed by atoms with E-state index in [2.05, 4.69) is 15.4 Å².